The number of aromatic amines is 1. The molecule has 0 radical (unpaired) electrons. The Hall–Kier alpha value is -2.44. The van der Waals surface area contributed by atoms with Gasteiger partial charge in [-0.05, 0) is 25.3 Å². The van der Waals surface area contributed by atoms with Gasteiger partial charge in [-0.25, -0.2) is 0 Å². The molecular formula is C19H25N5O2. The van der Waals surface area contributed by atoms with Crippen LogP contribution in [0.3, 0.4) is 0 Å². The first-order chi connectivity index (χ1) is 12.6. The summed E-state index contributed by atoms with van der Waals surface area (Å²) in [6.07, 6.45) is 8.76. The Kier molecular flexibility index (Phi) is 4.61. The van der Waals surface area contributed by atoms with Crippen LogP contribution in [0.4, 0.5) is 0 Å². The summed E-state index contributed by atoms with van der Waals surface area (Å²) in [6, 6.07) is 1.84. The second-order valence-corrected chi connectivity index (χ2v) is 7.55. The number of carbonyl (C=O) groups excluding carboxylic acids is 2. The molecule has 0 bridgehead atoms. The third-order valence-corrected chi connectivity index (χ3v) is 5.76. The van der Waals surface area contributed by atoms with Crippen molar-refractivity contribution in [2.24, 2.45) is 5.92 Å². The van der Waals surface area contributed by atoms with E-state index in [0.29, 0.717) is 31.6 Å². The average molecular weight is 355 g/mol. The fraction of sp³-hybridized carbons (Fsp3) is 0.579. The first-order valence-corrected chi connectivity index (χ1v) is 9.49. The first kappa shape index (κ1) is 17.0. The van der Waals surface area contributed by atoms with Crippen LogP contribution in [0.25, 0.3) is 11.0 Å². The Morgan fingerprint density at radius 2 is 2.12 bits per heavy atom. The van der Waals surface area contributed by atoms with Gasteiger partial charge in [0.25, 0.3) is 5.91 Å². The summed E-state index contributed by atoms with van der Waals surface area (Å²) in [5.41, 5.74) is 2.06. The van der Waals surface area contributed by atoms with Crippen molar-refractivity contribution in [3.8, 4) is 0 Å². The number of hydrogen-bond donors (Lipinski definition) is 1. The number of hydrogen-bond acceptors (Lipinski definition) is 4. The minimum absolute atomic E-state index is 0.0394. The second kappa shape index (κ2) is 7.05. The summed E-state index contributed by atoms with van der Waals surface area (Å²) < 4.78 is 0. The number of H-pyrrole nitrogens is 1. The van der Waals surface area contributed by atoms with Crippen molar-refractivity contribution in [1.29, 1.82) is 0 Å². The van der Waals surface area contributed by atoms with E-state index in [1.165, 1.54) is 19.3 Å². The zero-order chi connectivity index (χ0) is 18.1. The van der Waals surface area contributed by atoms with Gasteiger partial charge >= 0.3 is 0 Å². The second-order valence-electron chi connectivity index (χ2n) is 7.55. The lowest BCUT2D eigenvalue weighted by molar-refractivity contribution is -0.135. The molecule has 138 valence electrons. The number of nitrogens with zero attached hydrogens (tertiary/aromatic N) is 4. The van der Waals surface area contributed by atoms with E-state index >= 15 is 0 Å². The summed E-state index contributed by atoms with van der Waals surface area (Å²) in [7, 11) is 0. The van der Waals surface area contributed by atoms with E-state index in [-0.39, 0.29) is 17.9 Å². The van der Waals surface area contributed by atoms with E-state index in [1.807, 2.05) is 16.7 Å². The molecule has 0 aromatic carbocycles. The molecule has 1 aliphatic heterocycles. The van der Waals surface area contributed by atoms with E-state index in [2.05, 4.69) is 15.2 Å². The largest absolute Gasteiger partial charge is 0.336 e. The van der Waals surface area contributed by atoms with E-state index in [1.54, 1.807) is 18.5 Å². The zero-order valence-corrected chi connectivity index (χ0v) is 15.1. The molecule has 1 saturated carbocycles. The number of aromatic nitrogens is 3. The SMILES string of the molecule is C[C@H]1CN(C(=O)c2cnc3cn[nH]c3c2)CCN1C(=O)CCC1CCC1. The summed E-state index contributed by atoms with van der Waals surface area (Å²) in [5, 5.41) is 6.78. The summed E-state index contributed by atoms with van der Waals surface area (Å²) in [5.74, 6) is 0.946. The monoisotopic (exact) mass is 355 g/mol. The highest BCUT2D eigenvalue weighted by molar-refractivity contribution is 5.96. The number of nitrogens with one attached hydrogen (secondary N) is 1. The molecule has 26 heavy (non-hydrogen) atoms. The molecule has 2 aromatic heterocycles. The normalized spacial score (nSPS) is 21.0. The lowest BCUT2D eigenvalue weighted by Crippen LogP contribution is -2.55. The van der Waals surface area contributed by atoms with E-state index in [9.17, 15) is 9.59 Å². The van der Waals surface area contributed by atoms with Crippen molar-refractivity contribution in [3.63, 3.8) is 0 Å². The number of carbonyl (C=O) groups is 2. The molecule has 0 spiro atoms. The van der Waals surface area contributed by atoms with Crippen molar-refractivity contribution in [2.45, 2.75) is 45.1 Å². The van der Waals surface area contributed by atoms with Gasteiger partial charge in [0.2, 0.25) is 5.91 Å². The summed E-state index contributed by atoms with van der Waals surface area (Å²) in [6.45, 7) is 3.77. The summed E-state index contributed by atoms with van der Waals surface area (Å²) in [4.78, 5) is 33.3. The molecule has 1 aliphatic carbocycles. The van der Waals surface area contributed by atoms with Crippen molar-refractivity contribution >= 4 is 22.8 Å². The highest BCUT2D eigenvalue weighted by Crippen LogP contribution is 2.30. The van der Waals surface area contributed by atoms with Gasteiger partial charge < -0.3 is 9.80 Å². The maximum Gasteiger partial charge on any atom is 0.255 e. The van der Waals surface area contributed by atoms with Gasteiger partial charge in [0.1, 0.15) is 5.52 Å². The Balaban J connectivity index is 1.36. The van der Waals surface area contributed by atoms with Gasteiger partial charge in [-0.2, -0.15) is 5.10 Å². The molecule has 2 fully saturated rings. The Morgan fingerprint density at radius 3 is 2.85 bits per heavy atom. The highest BCUT2D eigenvalue weighted by atomic mass is 16.2. The number of piperazine rings is 1. The standard InChI is InChI=1S/C19H25N5O2/c1-13-12-23(7-8-24(13)18(25)6-5-14-3-2-4-14)19(26)15-9-16-17(20-10-15)11-21-22-16/h9-11,13-14H,2-8,12H2,1H3,(H,21,22)/t13-/m0/s1. The molecule has 1 N–H and O–H groups in total. The molecule has 3 heterocycles. The molecule has 7 heteroatoms. The van der Waals surface area contributed by atoms with Crippen molar-refractivity contribution < 1.29 is 9.59 Å². The molecule has 4 rings (SSSR count). The van der Waals surface area contributed by atoms with Crippen LogP contribution in [-0.2, 0) is 4.79 Å². The van der Waals surface area contributed by atoms with Gasteiger partial charge in [0.15, 0.2) is 0 Å². The van der Waals surface area contributed by atoms with Crippen LogP contribution in [0.15, 0.2) is 18.5 Å². The fourth-order valence-electron chi connectivity index (χ4n) is 3.90. The van der Waals surface area contributed by atoms with E-state index < -0.39 is 0 Å². The number of pyridine rings is 1. The molecule has 1 atom stereocenters. The first-order valence-electron chi connectivity index (χ1n) is 9.49. The van der Waals surface area contributed by atoms with Gasteiger partial charge in [0, 0.05) is 38.3 Å². The average Bonchev–Trinajstić information content (AvgIpc) is 3.07. The van der Waals surface area contributed by atoms with Crippen molar-refractivity contribution in [1.82, 2.24) is 25.0 Å². The van der Waals surface area contributed by atoms with Crippen LogP contribution in [0.1, 0.15) is 49.4 Å². The highest BCUT2D eigenvalue weighted by Gasteiger charge is 2.30. The van der Waals surface area contributed by atoms with Crippen LogP contribution < -0.4 is 0 Å². The number of amides is 2. The van der Waals surface area contributed by atoms with Crippen LogP contribution in [0, 0.1) is 5.92 Å². The maximum atomic E-state index is 12.8. The lowest BCUT2D eigenvalue weighted by Gasteiger charge is -2.40. The fourth-order valence-corrected chi connectivity index (χ4v) is 3.90. The molecule has 7 nitrogen and oxygen atoms in total. The minimum Gasteiger partial charge on any atom is -0.336 e. The van der Waals surface area contributed by atoms with Crippen molar-refractivity contribution in [2.75, 3.05) is 19.6 Å². The Morgan fingerprint density at radius 1 is 1.27 bits per heavy atom. The third-order valence-electron chi connectivity index (χ3n) is 5.76. The molecule has 0 unspecified atom stereocenters. The van der Waals surface area contributed by atoms with Crippen LogP contribution in [-0.4, -0.2) is 62.5 Å². The Bertz CT molecular complexity index is 813. The predicted octanol–water partition coefficient (Wildman–Crippen LogP) is 2.21. The summed E-state index contributed by atoms with van der Waals surface area (Å²) >= 11 is 0. The van der Waals surface area contributed by atoms with E-state index in [0.717, 1.165) is 23.4 Å². The molecular weight excluding hydrogens is 330 g/mol. The van der Waals surface area contributed by atoms with Crippen LogP contribution >= 0.6 is 0 Å². The minimum atomic E-state index is -0.0394. The molecule has 2 aliphatic rings. The van der Waals surface area contributed by atoms with E-state index in [4.69, 9.17) is 0 Å². The van der Waals surface area contributed by atoms with Gasteiger partial charge in [-0.3, -0.25) is 19.7 Å². The van der Waals surface area contributed by atoms with Gasteiger partial charge in [-0.15, -0.1) is 0 Å². The number of rotatable bonds is 4. The molecule has 1 saturated heterocycles. The maximum absolute atomic E-state index is 12.8. The molecule has 2 amide bonds. The smallest absolute Gasteiger partial charge is 0.255 e. The zero-order valence-electron chi connectivity index (χ0n) is 15.1. The lowest BCUT2D eigenvalue weighted by atomic mass is 9.82. The number of fused-ring (bicyclic) bond motifs is 1. The van der Waals surface area contributed by atoms with Gasteiger partial charge in [0.05, 0.1) is 17.3 Å². The quantitative estimate of drug-likeness (QED) is 0.912. The van der Waals surface area contributed by atoms with Crippen molar-refractivity contribution in [3.05, 3.63) is 24.0 Å². The van der Waals surface area contributed by atoms with Crippen LogP contribution in [0.5, 0.6) is 0 Å². The van der Waals surface area contributed by atoms with Crippen LogP contribution in [0.2, 0.25) is 0 Å². The topological polar surface area (TPSA) is 82.2 Å². The Labute approximate surface area is 152 Å². The predicted molar refractivity (Wildman–Crippen MR) is 97.5 cm³/mol. The third kappa shape index (κ3) is 3.30. The molecule has 2 aromatic rings. The van der Waals surface area contributed by atoms with Gasteiger partial charge in [-0.1, -0.05) is 19.3 Å².